The fourth-order valence-electron chi connectivity index (χ4n) is 0.997. The van der Waals surface area contributed by atoms with Crippen molar-refractivity contribution < 1.29 is 26.2 Å². The summed E-state index contributed by atoms with van der Waals surface area (Å²) in [4.78, 5) is 0. The molecule has 0 saturated heterocycles. The van der Waals surface area contributed by atoms with Crippen molar-refractivity contribution in [3.05, 3.63) is 23.3 Å². The van der Waals surface area contributed by atoms with E-state index in [4.69, 9.17) is 0 Å². The maximum absolute atomic E-state index is 3.29. The smallest absolute Gasteiger partial charge is 0 e. The van der Waals surface area contributed by atoms with E-state index in [1.54, 1.807) is 0 Å². The van der Waals surface area contributed by atoms with Crippen LogP contribution in [0.15, 0.2) is 17.2 Å². The molecule has 0 radical (unpaired) electrons. The van der Waals surface area contributed by atoms with Crippen LogP contribution in [0.5, 0.6) is 0 Å². The Morgan fingerprint density at radius 2 is 1.73 bits per heavy atom. The van der Waals surface area contributed by atoms with Gasteiger partial charge in [0.2, 0.25) is 0 Å². The molecule has 0 fully saturated rings. The Labute approximate surface area is 100 Å². The van der Waals surface area contributed by atoms with Crippen LogP contribution in [-0.4, -0.2) is 0 Å². The SMILES string of the molecule is CC1=[C-]C(C)C=C1C.Cl.Cl.[Zr]. The van der Waals surface area contributed by atoms with Gasteiger partial charge in [-0.15, -0.1) is 31.7 Å². The van der Waals surface area contributed by atoms with Crippen LogP contribution in [0.4, 0.5) is 0 Å². The monoisotopic (exact) mass is 269 g/mol. The second-order valence-electron chi connectivity index (χ2n) is 2.41. The van der Waals surface area contributed by atoms with Crippen LogP contribution in [0.1, 0.15) is 20.8 Å². The molecule has 0 aromatic rings. The van der Waals surface area contributed by atoms with Crippen molar-refractivity contribution in [1.29, 1.82) is 0 Å². The molecule has 1 aliphatic rings. The zero-order valence-electron chi connectivity index (χ0n) is 6.97. The molecule has 3 heteroatoms. The molecular formula is C8H13Cl2Zr-. The first kappa shape index (κ1) is 17.9. The van der Waals surface area contributed by atoms with Gasteiger partial charge in [-0.3, -0.25) is 6.08 Å². The van der Waals surface area contributed by atoms with Crippen molar-refractivity contribution in [2.75, 3.05) is 0 Å². The number of rotatable bonds is 0. The number of halogens is 2. The van der Waals surface area contributed by atoms with Crippen molar-refractivity contribution in [2.45, 2.75) is 20.8 Å². The molecule has 0 aromatic carbocycles. The second-order valence-corrected chi connectivity index (χ2v) is 2.41. The largest absolute Gasteiger partial charge is 0.266 e. The molecule has 0 aromatic heterocycles. The van der Waals surface area contributed by atoms with Crippen molar-refractivity contribution in [3.8, 4) is 0 Å². The van der Waals surface area contributed by atoms with Crippen LogP contribution >= 0.6 is 24.8 Å². The van der Waals surface area contributed by atoms with Crippen LogP contribution < -0.4 is 0 Å². The molecule has 64 valence electrons. The summed E-state index contributed by atoms with van der Waals surface area (Å²) in [7, 11) is 0. The van der Waals surface area contributed by atoms with Crippen molar-refractivity contribution in [3.63, 3.8) is 0 Å². The maximum atomic E-state index is 3.29. The predicted octanol–water partition coefficient (Wildman–Crippen LogP) is 3.17. The van der Waals surface area contributed by atoms with Crippen LogP contribution in [0.3, 0.4) is 0 Å². The normalized spacial score (nSPS) is 20.1. The Morgan fingerprint density at radius 3 is 1.82 bits per heavy atom. The van der Waals surface area contributed by atoms with Gasteiger partial charge in [-0.25, -0.2) is 11.1 Å². The van der Waals surface area contributed by atoms with Crippen LogP contribution in [-0.2, 0) is 26.2 Å². The summed E-state index contributed by atoms with van der Waals surface area (Å²) in [6.07, 6.45) is 5.52. The average Bonchev–Trinajstić information content (AvgIpc) is 1.85. The predicted molar refractivity (Wildman–Crippen MR) is 49.8 cm³/mol. The minimum atomic E-state index is 0. The molecule has 0 spiro atoms. The average molecular weight is 271 g/mol. The third-order valence-electron chi connectivity index (χ3n) is 1.54. The van der Waals surface area contributed by atoms with E-state index >= 15 is 0 Å². The topological polar surface area (TPSA) is 0 Å². The van der Waals surface area contributed by atoms with E-state index in [1.165, 1.54) is 11.1 Å². The van der Waals surface area contributed by atoms with Crippen molar-refractivity contribution in [2.24, 2.45) is 5.92 Å². The first-order valence-corrected chi connectivity index (χ1v) is 2.99. The molecule has 0 amide bonds. The van der Waals surface area contributed by atoms with Crippen molar-refractivity contribution in [1.82, 2.24) is 0 Å². The number of allylic oxidation sites excluding steroid dienone is 4. The molecule has 0 nitrogen and oxygen atoms in total. The minimum absolute atomic E-state index is 0. The Balaban J connectivity index is -0.000000213. The maximum Gasteiger partial charge on any atom is 0 e. The van der Waals surface area contributed by atoms with Gasteiger partial charge in [0.1, 0.15) is 0 Å². The first-order chi connectivity index (χ1) is 3.70. The van der Waals surface area contributed by atoms with Crippen molar-refractivity contribution >= 4 is 24.8 Å². The zero-order chi connectivity index (χ0) is 6.15. The van der Waals surface area contributed by atoms with Crippen LogP contribution in [0.2, 0.25) is 0 Å². The summed E-state index contributed by atoms with van der Waals surface area (Å²) in [6, 6.07) is 0. The molecule has 1 atom stereocenters. The summed E-state index contributed by atoms with van der Waals surface area (Å²) in [5.74, 6) is 0.551. The molecular weight excluding hydrogens is 258 g/mol. The molecule has 0 heterocycles. The van der Waals surface area contributed by atoms with E-state index < -0.39 is 0 Å². The molecule has 1 aliphatic carbocycles. The number of hydrogen-bond acceptors (Lipinski definition) is 0. The van der Waals surface area contributed by atoms with Gasteiger partial charge in [-0.05, 0) is 0 Å². The van der Waals surface area contributed by atoms with Gasteiger partial charge in [-0.2, -0.15) is 6.08 Å². The molecule has 1 unspecified atom stereocenters. The van der Waals surface area contributed by atoms with Gasteiger partial charge in [0.25, 0.3) is 0 Å². The molecule has 0 N–H and O–H groups in total. The molecule has 0 bridgehead atoms. The van der Waals surface area contributed by atoms with E-state index in [-0.39, 0.29) is 51.0 Å². The molecule has 0 aliphatic heterocycles. The van der Waals surface area contributed by atoms with Crippen LogP contribution in [0.25, 0.3) is 0 Å². The first-order valence-electron chi connectivity index (χ1n) is 2.99. The second kappa shape index (κ2) is 7.58. The third kappa shape index (κ3) is 5.22. The zero-order valence-corrected chi connectivity index (χ0v) is 11.1. The minimum Gasteiger partial charge on any atom is -0.266 e. The van der Waals surface area contributed by atoms with Gasteiger partial charge in [0, 0.05) is 26.2 Å². The fourth-order valence-corrected chi connectivity index (χ4v) is 0.997. The number of hydrogen-bond donors (Lipinski definition) is 0. The summed E-state index contributed by atoms with van der Waals surface area (Å²) >= 11 is 0. The fraction of sp³-hybridized carbons (Fsp3) is 0.500. The Kier molecular flexibility index (Phi) is 12.3. The van der Waals surface area contributed by atoms with E-state index in [0.717, 1.165) is 0 Å². The van der Waals surface area contributed by atoms with Gasteiger partial charge >= 0.3 is 0 Å². The summed E-state index contributed by atoms with van der Waals surface area (Å²) < 4.78 is 0. The van der Waals surface area contributed by atoms with Gasteiger partial charge < -0.3 is 0 Å². The van der Waals surface area contributed by atoms with E-state index in [0.29, 0.717) is 5.92 Å². The quantitative estimate of drug-likeness (QED) is 0.594. The van der Waals surface area contributed by atoms with E-state index in [2.05, 4.69) is 32.9 Å². The summed E-state index contributed by atoms with van der Waals surface area (Å²) in [6.45, 7) is 6.39. The summed E-state index contributed by atoms with van der Waals surface area (Å²) in [5.41, 5.74) is 2.70. The Hall–Kier alpha value is 0.943. The third-order valence-corrected chi connectivity index (χ3v) is 1.54. The molecule has 0 saturated carbocycles. The van der Waals surface area contributed by atoms with Gasteiger partial charge in [0.15, 0.2) is 0 Å². The summed E-state index contributed by atoms with van der Waals surface area (Å²) in [5, 5.41) is 0. The standard InChI is InChI=1S/C8H11.2ClH.Zr/c1-6-4-7(2)8(3)5-6;;;/h4,6H,1-3H3;2*1H;/q-1;;;. The Bertz CT molecular complexity index is 143. The molecule has 11 heavy (non-hydrogen) atoms. The van der Waals surface area contributed by atoms with Crippen LogP contribution in [0, 0.1) is 12.0 Å². The van der Waals surface area contributed by atoms with E-state index in [9.17, 15) is 0 Å². The Morgan fingerprint density at radius 1 is 1.27 bits per heavy atom. The van der Waals surface area contributed by atoms with Gasteiger partial charge in [-0.1, -0.05) is 19.8 Å². The van der Waals surface area contributed by atoms with E-state index in [1.807, 2.05) is 0 Å². The molecule has 1 rings (SSSR count). The van der Waals surface area contributed by atoms with Gasteiger partial charge in [0.05, 0.1) is 0 Å².